The minimum Gasteiger partial charge on any atom is -0.504 e. The van der Waals surface area contributed by atoms with E-state index in [9.17, 15) is 15.0 Å². The van der Waals surface area contributed by atoms with Gasteiger partial charge in [0.25, 0.3) is 0 Å². The molecule has 0 spiro atoms. The fourth-order valence-corrected chi connectivity index (χ4v) is 4.59. The van der Waals surface area contributed by atoms with E-state index in [4.69, 9.17) is 0 Å². The van der Waals surface area contributed by atoms with E-state index < -0.39 is 0 Å². The Labute approximate surface area is 131 Å². The fourth-order valence-electron chi connectivity index (χ4n) is 4.59. The Kier molecular flexibility index (Phi) is 3.68. The number of aromatic hydroxyl groups is 2. The lowest BCUT2D eigenvalue weighted by atomic mass is 9.56. The summed E-state index contributed by atoms with van der Waals surface area (Å²) in [7, 11) is 2.14. The van der Waals surface area contributed by atoms with Crippen molar-refractivity contribution in [2.75, 3.05) is 13.6 Å². The number of hydrogen-bond donors (Lipinski definition) is 2. The number of piperidine rings is 1. The molecule has 1 heterocycles. The summed E-state index contributed by atoms with van der Waals surface area (Å²) in [5.41, 5.74) is 1.56. The minimum absolute atomic E-state index is 0.0174. The van der Waals surface area contributed by atoms with Crippen LogP contribution in [0.2, 0.25) is 0 Å². The van der Waals surface area contributed by atoms with Gasteiger partial charge in [0.15, 0.2) is 11.5 Å². The van der Waals surface area contributed by atoms with E-state index in [0.717, 1.165) is 30.5 Å². The van der Waals surface area contributed by atoms with Gasteiger partial charge in [-0.05, 0) is 44.0 Å². The number of benzene rings is 1. The molecule has 4 nitrogen and oxygen atoms in total. The van der Waals surface area contributed by atoms with Gasteiger partial charge in [-0.2, -0.15) is 0 Å². The maximum absolute atomic E-state index is 12.3. The van der Waals surface area contributed by atoms with E-state index >= 15 is 0 Å². The van der Waals surface area contributed by atoms with Crippen LogP contribution in [-0.4, -0.2) is 40.5 Å². The number of rotatable bonds is 3. The van der Waals surface area contributed by atoms with Gasteiger partial charge in [-0.3, -0.25) is 4.79 Å². The number of carbonyl (C=O) groups excluding carboxylic acids is 1. The van der Waals surface area contributed by atoms with Crippen LogP contribution in [0.1, 0.15) is 44.2 Å². The van der Waals surface area contributed by atoms with Gasteiger partial charge in [0.1, 0.15) is 5.78 Å². The highest BCUT2D eigenvalue weighted by molar-refractivity contribution is 5.80. The summed E-state index contributed by atoms with van der Waals surface area (Å²) in [6.07, 6.45) is 2.68. The number of likely N-dealkylation sites (tertiary alicyclic amines) is 1. The third-order valence-corrected chi connectivity index (χ3v) is 6.00. The van der Waals surface area contributed by atoms with E-state index in [1.54, 1.807) is 6.07 Å². The molecule has 4 heteroatoms. The maximum Gasteiger partial charge on any atom is 0.161 e. The molecule has 1 aliphatic heterocycles. The molecule has 3 rings (SSSR count). The standard InChI is InChI=1S/C18H25NO3/c1-4-13(20)10-18-7-8-19(3)14(11(18)2)9-12-5-6-15(21)17(22)16(12)18/h5-6,11,14,21-22H,4,7-10H2,1-3H3. The van der Waals surface area contributed by atoms with E-state index in [1.807, 2.05) is 13.0 Å². The number of nitrogens with zero attached hydrogens (tertiary/aromatic N) is 1. The SMILES string of the molecule is CCC(=O)CC12CCN(C)C(Cc3ccc(O)c(O)c31)C2C. The summed E-state index contributed by atoms with van der Waals surface area (Å²) in [4.78, 5) is 14.6. The molecule has 2 N–H and O–H groups in total. The topological polar surface area (TPSA) is 60.8 Å². The summed E-state index contributed by atoms with van der Waals surface area (Å²) >= 11 is 0. The Hall–Kier alpha value is -1.55. The molecule has 1 fully saturated rings. The summed E-state index contributed by atoms with van der Waals surface area (Å²) in [5, 5.41) is 20.5. The number of likely N-dealkylation sites (N-methyl/N-ethyl adjacent to an activating group) is 1. The Morgan fingerprint density at radius 3 is 2.82 bits per heavy atom. The zero-order valence-corrected chi connectivity index (χ0v) is 13.6. The predicted molar refractivity (Wildman–Crippen MR) is 85.3 cm³/mol. The average Bonchev–Trinajstić information content (AvgIpc) is 2.49. The summed E-state index contributed by atoms with van der Waals surface area (Å²) < 4.78 is 0. The predicted octanol–water partition coefficient (Wildman–Crippen LogP) is 2.60. The first kappa shape index (κ1) is 15.3. The third kappa shape index (κ3) is 2.04. The molecule has 2 aliphatic rings. The van der Waals surface area contributed by atoms with E-state index in [1.165, 1.54) is 0 Å². The molecule has 0 amide bonds. The molecule has 0 aromatic heterocycles. The molecule has 3 unspecified atom stereocenters. The molecule has 1 aromatic carbocycles. The first-order valence-electron chi connectivity index (χ1n) is 8.17. The number of Topliss-reactive ketones (excluding diaryl/α,β-unsaturated/α-hetero) is 1. The Morgan fingerprint density at radius 1 is 1.41 bits per heavy atom. The molecule has 3 atom stereocenters. The van der Waals surface area contributed by atoms with Crippen LogP contribution in [-0.2, 0) is 16.6 Å². The summed E-state index contributed by atoms with van der Waals surface area (Å²) in [6.45, 7) is 5.00. The van der Waals surface area contributed by atoms with Gasteiger partial charge in [0, 0.05) is 29.9 Å². The smallest absolute Gasteiger partial charge is 0.161 e. The van der Waals surface area contributed by atoms with Crippen LogP contribution in [0.25, 0.3) is 0 Å². The first-order valence-corrected chi connectivity index (χ1v) is 8.17. The van der Waals surface area contributed by atoms with E-state index in [-0.39, 0.29) is 28.6 Å². The number of carbonyl (C=O) groups is 1. The van der Waals surface area contributed by atoms with Crippen molar-refractivity contribution < 1.29 is 15.0 Å². The lowest BCUT2D eigenvalue weighted by molar-refractivity contribution is -0.121. The molecular weight excluding hydrogens is 278 g/mol. The molecule has 1 aromatic rings. The Morgan fingerprint density at radius 2 is 2.14 bits per heavy atom. The van der Waals surface area contributed by atoms with Crippen LogP contribution in [0.15, 0.2) is 12.1 Å². The molecular formula is C18H25NO3. The molecule has 1 saturated heterocycles. The normalized spacial score (nSPS) is 30.9. The van der Waals surface area contributed by atoms with Gasteiger partial charge in [0.2, 0.25) is 0 Å². The molecule has 2 bridgehead atoms. The highest BCUT2D eigenvalue weighted by Gasteiger charge is 2.52. The van der Waals surface area contributed by atoms with Crippen molar-refractivity contribution in [2.24, 2.45) is 5.92 Å². The van der Waals surface area contributed by atoms with Crippen LogP contribution in [0.5, 0.6) is 11.5 Å². The van der Waals surface area contributed by atoms with Crippen LogP contribution >= 0.6 is 0 Å². The lowest BCUT2D eigenvalue weighted by Crippen LogP contribution is -2.58. The molecule has 22 heavy (non-hydrogen) atoms. The van der Waals surface area contributed by atoms with Crippen LogP contribution in [0.3, 0.4) is 0 Å². The van der Waals surface area contributed by atoms with Gasteiger partial charge in [-0.1, -0.05) is 19.9 Å². The average molecular weight is 303 g/mol. The van der Waals surface area contributed by atoms with Crippen molar-refractivity contribution in [3.05, 3.63) is 23.3 Å². The maximum atomic E-state index is 12.3. The monoisotopic (exact) mass is 303 g/mol. The van der Waals surface area contributed by atoms with Crippen LogP contribution < -0.4 is 0 Å². The van der Waals surface area contributed by atoms with E-state index in [0.29, 0.717) is 18.9 Å². The number of ketones is 1. The number of phenols is 2. The highest BCUT2D eigenvalue weighted by atomic mass is 16.3. The van der Waals surface area contributed by atoms with Crippen molar-refractivity contribution in [2.45, 2.75) is 51.0 Å². The molecule has 120 valence electrons. The second-order valence-electron chi connectivity index (χ2n) is 6.98. The van der Waals surface area contributed by atoms with Gasteiger partial charge < -0.3 is 15.1 Å². The molecule has 0 radical (unpaired) electrons. The highest BCUT2D eigenvalue weighted by Crippen LogP contribution is 2.55. The lowest BCUT2D eigenvalue weighted by Gasteiger charge is -2.55. The largest absolute Gasteiger partial charge is 0.504 e. The van der Waals surface area contributed by atoms with Crippen molar-refractivity contribution in [1.29, 1.82) is 0 Å². The third-order valence-electron chi connectivity index (χ3n) is 6.00. The van der Waals surface area contributed by atoms with Crippen molar-refractivity contribution in [1.82, 2.24) is 4.90 Å². The summed E-state index contributed by atoms with van der Waals surface area (Å²) in [5.74, 6) is 0.413. The zero-order valence-electron chi connectivity index (χ0n) is 13.6. The van der Waals surface area contributed by atoms with Gasteiger partial charge in [-0.25, -0.2) is 0 Å². The number of phenolic OH excluding ortho intramolecular Hbond substituents is 2. The number of fused-ring (bicyclic) bond motifs is 4. The van der Waals surface area contributed by atoms with E-state index in [2.05, 4.69) is 18.9 Å². The fraction of sp³-hybridized carbons (Fsp3) is 0.611. The summed E-state index contributed by atoms with van der Waals surface area (Å²) in [6, 6.07) is 3.86. The van der Waals surface area contributed by atoms with Crippen LogP contribution in [0.4, 0.5) is 0 Å². The quantitative estimate of drug-likeness (QED) is 0.843. The molecule has 1 aliphatic carbocycles. The zero-order chi connectivity index (χ0) is 16.1. The Bertz CT molecular complexity index is 613. The second kappa shape index (κ2) is 5.27. The van der Waals surface area contributed by atoms with Gasteiger partial charge in [0.05, 0.1) is 0 Å². The van der Waals surface area contributed by atoms with Crippen molar-refractivity contribution >= 4 is 5.78 Å². The van der Waals surface area contributed by atoms with Crippen molar-refractivity contribution in [3.63, 3.8) is 0 Å². The van der Waals surface area contributed by atoms with Gasteiger partial charge in [-0.15, -0.1) is 0 Å². The first-order chi connectivity index (χ1) is 10.4. The number of hydrogen-bond acceptors (Lipinski definition) is 4. The van der Waals surface area contributed by atoms with Gasteiger partial charge >= 0.3 is 0 Å². The second-order valence-corrected chi connectivity index (χ2v) is 6.98. The molecule has 0 saturated carbocycles. The van der Waals surface area contributed by atoms with Crippen LogP contribution in [0, 0.1) is 5.92 Å². The van der Waals surface area contributed by atoms with Crippen molar-refractivity contribution in [3.8, 4) is 11.5 Å². The Balaban J connectivity index is 2.20. The minimum atomic E-state index is -0.347.